The molecule has 96 valence electrons. The molecular formula is C11H16Br2N2O2. The van der Waals surface area contributed by atoms with Crippen molar-refractivity contribution < 1.29 is 9.21 Å². The number of carbonyl (C=O) groups excluding carboxylic acids is 1. The van der Waals surface area contributed by atoms with Crippen molar-refractivity contribution in [3.63, 3.8) is 0 Å². The van der Waals surface area contributed by atoms with Crippen LogP contribution in [-0.4, -0.2) is 19.0 Å². The van der Waals surface area contributed by atoms with Crippen molar-refractivity contribution in [2.45, 2.75) is 20.4 Å². The summed E-state index contributed by atoms with van der Waals surface area (Å²) in [5.74, 6) is 1.25. The Kier molecular flexibility index (Phi) is 6.22. The molecule has 2 N–H and O–H groups in total. The number of hydrogen-bond donors (Lipinski definition) is 2. The lowest BCUT2D eigenvalue weighted by molar-refractivity contribution is -0.120. The summed E-state index contributed by atoms with van der Waals surface area (Å²) in [7, 11) is 0. The number of carbonyl (C=O) groups is 1. The van der Waals surface area contributed by atoms with Crippen LogP contribution >= 0.6 is 31.9 Å². The molecule has 17 heavy (non-hydrogen) atoms. The minimum atomic E-state index is 0.00314. The standard InChI is InChI=1S/C11H16Br2N2O2/c1-7(2)4-15-10(16)6-14-5-8-3-9(12)11(13)17-8/h3,7,14H,4-6H2,1-2H3,(H,15,16). The third kappa shape index (κ3) is 5.70. The molecule has 1 aromatic heterocycles. The molecule has 1 heterocycles. The van der Waals surface area contributed by atoms with Crippen LogP contribution in [-0.2, 0) is 11.3 Å². The predicted molar refractivity (Wildman–Crippen MR) is 73.7 cm³/mol. The minimum absolute atomic E-state index is 0.00314. The number of amides is 1. The Hall–Kier alpha value is -0.330. The zero-order valence-electron chi connectivity index (χ0n) is 9.85. The predicted octanol–water partition coefficient (Wildman–Crippen LogP) is 2.67. The highest BCUT2D eigenvalue weighted by Crippen LogP contribution is 2.26. The number of rotatable bonds is 6. The van der Waals surface area contributed by atoms with Crippen molar-refractivity contribution in [1.82, 2.24) is 10.6 Å². The van der Waals surface area contributed by atoms with E-state index in [1.807, 2.05) is 6.07 Å². The Morgan fingerprint density at radius 2 is 2.18 bits per heavy atom. The molecule has 0 aromatic carbocycles. The Morgan fingerprint density at radius 1 is 1.47 bits per heavy atom. The number of hydrogen-bond acceptors (Lipinski definition) is 3. The molecule has 6 heteroatoms. The maximum Gasteiger partial charge on any atom is 0.233 e. The molecular weight excluding hydrogens is 352 g/mol. The van der Waals surface area contributed by atoms with Gasteiger partial charge in [-0.25, -0.2) is 0 Å². The number of halogens is 2. The van der Waals surface area contributed by atoms with Crippen LogP contribution in [0.2, 0.25) is 0 Å². The van der Waals surface area contributed by atoms with Gasteiger partial charge in [-0.15, -0.1) is 0 Å². The van der Waals surface area contributed by atoms with Crippen LogP contribution in [0.5, 0.6) is 0 Å². The van der Waals surface area contributed by atoms with Gasteiger partial charge in [0.1, 0.15) is 5.76 Å². The second-order valence-corrected chi connectivity index (χ2v) is 5.71. The van der Waals surface area contributed by atoms with Gasteiger partial charge in [-0.1, -0.05) is 13.8 Å². The van der Waals surface area contributed by atoms with Crippen LogP contribution in [0.1, 0.15) is 19.6 Å². The molecule has 0 bridgehead atoms. The normalized spacial score (nSPS) is 10.9. The van der Waals surface area contributed by atoms with Gasteiger partial charge in [-0.2, -0.15) is 0 Å². The first-order valence-electron chi connectivity index (χ1n) is 5.40. The lowest BCUT2D eigenvalue weighted by Gasteiger charge is -2.07. The first-order chi connectivity index (χ1) is 7.99. The molecule has 0 fully saturated rings. The first kappa shape index (κ1) is 14.7. The first-order valence-corrected chi connectivity index (χ1v) is 6.98. The fourth-order valence-electron chi connectivity index (χ4n) is 1.16. The molecule has 1 aromatic rings. The zero-order chi connectivity index (χ0) is 12.8. The van der Waals surface area contributed by atoms with Crippen LogP contribution in [0.3, 0.4) is 0 Å². The molecule has 0 unspecified atom stereocenters. The van der Waals surface area contributed by atoms with Gasteiger partial charge in [0.2, 0.25) is 5.91 Å². The largest absolute Gasteiger partial charge is 0.452 e. The highest BCUT2D eigenvalue weighted by atomic mass is 79.9. The third-order valence-electron chi connectivity index (χ3n) is 1.99. The van der Waals surface area contributed by atoms with Crippen molar-refractivity contribution in [1.29, 1.82) is 0 Å². The summed E-state index contributed by atoms with van der Waals surface area (Å²) < 4.78 is 6.91. The fraction of sp³-hybridized carbons (Fsp3) is 0.545. The molecule has 0 radical (unpaired) electrons. The molecule has 1 amide bonds. The van der Waals surface area contributed by atoms with E-state index in [0.29, 0.717) is 30.2 Å². The summed E-state index contributed by atoms with van der Waals surface area (Å²) in [4.78, 5) is 11.4. The molecule has 0 saturated carbocycles. The maximum absolute atomic E-state index is 11.4. The van der Waals surface area contributed by atoms with Gasteiger partial charge in [0.25, 0.3) is 0 Å². The molecule has 4 nitrogen and oxygen atoms in total. The number of nitrogens with one attached hydrogen (secondary N) is 2. The Morgan fingerprint density at radius 3 is 2.71 bits per heavy atom. The van der Waals surface area contributed by atoms with Gasteiger partial charge in [0, 0.05) is 6.54 Å². The summed E-state index contributed by atoms with van der Waals surface area (Å²) in [5.41, 5.74) is 0. The molecule has 0 aliphatic carbocycles. The molecule has 0 saturated heterocycles. The van der Waals surface area contributed by atoms with Crippen molar-refractivity contribution >= 4 is 37.8 Å². The van der Waals surface area contributed by atoms with Gasteiger partial charge in [0.05, 0.1) is 17.6 Å². The Bertz CT molecular complexity index is 358. The quantitative estimate of drug-likeness (QED) is 0.812. The Balaban J connectivity index is 2.21. The maximum atomic E-state index is 11.4. The van der Waals surface area contributed by atoms with E-state index in [2.05, 4.69) is 56.3 Å². The van der Waals surface area contributed by atoms with Crippen molar-refractivity contribution in [2.75, 3.05) is 13.1 Å². The summed E-state index contributed by atoms with van der Waals surface area (Å²) in [5, 5.41) is 5.85. The van der Waals surface area contributed by atoms with Crippen LogP contribution in [0, 0.1) is 5.92 Å². The summed E-state index contributed by atoms with van der Waals surface area (Å²) in [6.45, 7) is 5.65. The van der Waals surface area contributed by atoms with Crippen LogP contribution in [0.25, 0.3) is 0 Å². The average molecular weight is 368 g/mol. The second-order valence-electron chi connectivity index (χ2n) is 4.14. The van der Waals surface area contributed by atoms with Crippen molar-refractivity contribution in [3.05, 3.63) is 21.0 Å². The lowest BCUT2D eigenvalue weighted by atomic mass is 10.2. The van der Waals surface area contributed by atoms with Gasteiger partial charge in [-0.3, -0.25) is 4.79 Å². The van der Waals surface area contributed by atoms with Crippen molar-refractivity contribution in [3.8, 4) is 0 Å². The zero-order valence-corrected chi connectivity index (χ0v) is 13.0. The van der Waals surface area contributed by atoms with Crippen LogP contribution < -0.4 is 10.6 Å². The highest BCUT2D eigenvalue weighted by molar-refractivity contribution is 9.13. The average Bonchev–Trinajstić information content (AvgIpc) is 2.55. The second kappa shape index (κ2) is 7.18. The molecule has 0 aliphatic heterocycles. The summed E-state index contributed by atoms with van der Waals surface area (Å²) >= 11 is 6.59. The Labute approximate surface area is 118 Å². The fourth-order valence-corrected chi connectivity index (χ4v) is 1.82. The van der Waals surface area contributed by atoms with E-state index < -0.39 is 0 Å². The summed E-state index contributed by atoms with van der Waals surface area (Å²) in [6.07, 6.45) is 0. The highest BCUT2D eigenvalue weighted by Gasteiger charge is 2.06. The SMILES string of the molecule is CC(C)CNC(=O)CNCc1cc(Br)c(Br)o1. The van der Waals surface area contributed by atoms with Crippen LogP contribution in [0.4, 0.5) is 0 Å². The van der Waals surface area contributed by atoms with E-state index >= 15 is 0 Å². The van der Waals surface area contributed by atoms with E-state index in [-0.39, 0.29) is 5.91 Å². The van der Waals surface area contributed by atoms with Gasteiger partial charge in [-0.05, 0) is 43.8 Å². The van der Waals surface area contributed by atoms with E-state index in [0.717, 1.165) is 10.2 Å². The van der Waals surface area contributed by atoms with Crippen LogP contribution in [0.15, 0.2) is 19.6 Å². The monoisotopic (exact) mass is 366 g/mol. The van der Waals surface area contributed by atoms with Crippen molar-refractivity contribution in [2.24, 2.45) is 5.92 Å². The van der Waals surface area contributed by atoms with E-state index in [1.54, 1.807) is 0 Å². The molecule has 0 atom stereocenters. The molecule has 1 rings (SSSR count). The van der Waals surface area contributed by atoms with Gasteiger partial charge in [0.15, 0.2) is 4.67 Å². The molecule has 0 spiro atoms. The third-order valence-corrected chi connectivity index (χ3v) is 3.70. The minimum Gasteiger partial charge on any atom is -0.452 e. The number of furan rings is 1. The van der Waals surface area contributed by atoms with Gasteiger partial charge < -0.3 is 15.1 Å². The lowest BCUT2D eigenvalue weighted by Crippen LogP contribution is -2.35. The van der Waals surface area contributed by atoms with E-state index in [9.17, 15) is 4.79 Å². The van der Waals surface area contributed by atoms with Gasteiger partial charge >= 0.3 is 0 Å². The van der Waals surface area contributed by atoms with E-state index in [1.165, 1.54) is 0 Å². The molecule has 0 aliphatic rings. The topological polar surface area (TPSA) is 54.3 Å². The summed E-state index contributed by atoms with van der Waals surface area (Å²) in [6, 6.07) is 1.86. The van der Waals surface area contributed by atoms with E-state index in [4.69, 9.17) is 4.42 Å². The smallest absolute Gasteiger partial charge is 0.233 e.